The molecule has 11 heteroatoms. The molecule has 0 aliphatic carbocycles. The van der Waals surface area contributed by atoms with Gasteiger partial charge in [-0.05, 0) is 85.7 Å². The van der Waals surface area contributed by atoms with E-state index >= 15 is 0 Å². The Morgan fingerprint density at radius 3 is 2.40 bits per heavy atom. The van der Waals surface area contributed by atoms with Crippen LogP contribution in [-0.2, 0) is 23.1 Å². The Bertz CT molecular complexity index is 1780. The molecule has 1 aromatic heterocycles. The summed E-state index contributed by atoms with van der Waals surface area (Å²) in [6, 6.07) is 18.6. The Balaban J connectivity index is 1.32. The first-order chi connectivity index (χ1) is 20.4. The lowest BCUT2D eigenvalue weighted by Gasteiger charge is -2.35. The van der Waals surface area contributed by atoms with Crippen LogP contribution >= 0.6 is 0 Å². The molecular formula is C32H39N5O5S. The van der Waals surface area contributed by atoms with Gasteiger partial charge in [0.05, 0.1) is 4.75 Å². The number of carboxylic acid groups (broad SMARTS) is 1. The van der Waals surface area contributed by atoms with Gasteiger partial charge in [0.1, 0.15) is 5.69 Å². The van der Waals surface area contributed by atoms with Gasteiger partial charge in [-0.15, -0.1) is 0 Å². The summed E-state index contributed by atoms with van der Waals surface area (Å²) in [7, 11) is -3.37. The Kier molecular flexibility index (Phi) is 8.51. The van der Waals surface area contributed by atoms with Crippen LogP contribution in [-0.4, -0.2) is 58.8 Å². The van der Waals surface area contributed by atoms with Crippen LogP contribution in [0.5, 0.6) is 0 Å². The maximum absolute atomic E-state index is 12.9. The van der Waals surface area contributed by atoms with Gasteiger partial charge < -0.3 is 26.0 Å². The highest BCUT2D eigenvalue weighted by atomic mass is 32.2. The normalized spacial score (nSPS) is 15.2. The molecule has 0 atom stereocenters. The number of carboxylic acids is 1. The smallest absolute Gasteiger partial charge is 0.352 e. The van der Waals surface area contributed by atoms with Gasteiger partial charge >= 0.3 is 12.0 Å². The minimum atomic E-state index is -3.37. The molecule has 0 saturated carbocycles. The van der Waals surface area contributed by atoms with E-state index in [0.29, 0.717) is 44.7 Å². The van der Waals surface area contributed by atoms with Crippen molar-refractivity contribution in [3.05, 3.63) is 77.5 Å². The van der Waals surface area contributed by atoms with E-state index in [9.17, 15) is 23.1 Å². The van der Waals surface area contributed by atoms with Crippen LogP contribution in [0.2, 0.25) is 0 Å². The highest BCUT2D eigenvalue weighted by Crippen LogP contribution is 2.29. The van der Waals surface area contributed by atoms with Crippen molar-refractivity contribution in [3.63, 3.8) is 0 Å². The van der Waals surface area contributed by atoms with Crippen molar-refractivity contribution >= 4 is 49.4 Å². The topological polar surface area (TPSA) is 147 Å². The first kappa shape index (κ1) is 30.5. The first-order valence-corrected chi connectivity index (χ1v) is 15.9. The highest BCUT2D eigenvalue weighted by Gasteiger charge is 2.37. The number of urea groups is 1. The van der Waals surface area contributed by atoms with Gasteiger partial charge in [0.25, 0.3) is 0 Å². The lowest BCUT2D eigenvalue weighted by molar-refractivity contribution is 0.0686. The van der Waals surface area contributed by atoms with Gasteiger partial charge in [0.15, 0.2) is 0 Å². The quantitative estimate of drug-likeness (QED) is 0.223. The fraction of sp³-hybridized carbons (Fsp3) is 0.375. The molecular weight excluding hydrogens is 566 g/mol. The van der Waals surface area contributed by atoms with Crippen LogP contribution in [0.15, 0.2) is 60.7 Å². The van der Waals surface area contributed by atoms with Crippen molar-refractivity contribution < 1.29 is 23.1 Å². The van der Waals surface area contributed by atoms with Crippen molar-refractivity contribution in [2.45, 2.75) is 51.4 Å². The number of aromatic nitrogens is 1. The van der Waals surface area contributed by atoms with Crippen LogP contribution in [0, 0.1) is 5.92 Å². The molecule has 1 aliphatic heterocycles. The Hall–Kier alpha value is -3.93. The zero-order valence-electron chi connectivity index (χ0n) is 24.8. The third-order valence-electron chi connectivity index (χ3n) is 8.20. The summed E-state index contributed by atoms with van der Waals surface area (Å²) in [4.78, 5) is 25.1. The molecule has 3 aromatic carbocycles. The number of aromatic carboxylic acids is 1. The van der Waals surface area contributed by atoms with Gasteiger partial charge in [-0.1, -0.05) is 36.4 Å². The predicted molar refractivity (Wildman–Crippen MR) is 170 cm³/mol. The van der Waals surface area contributed by atoms with E-state index < -0.39 is 20.7 Å². The number of nitrogens with two attached hydrogens (primary N) is 1. The third-order valence-corrected chi connectivity index (χ3v) is 10.8. The molecule has 1 fully saturated rings. The summed E-state index contributed by atoms with van der Waals surface area (Å²) >= 11 is 0. The highest BCUT2D eigenvalue weighted by molar-refractivity contribution is 7.90. The number of anilines is 1. The number of hydrogen-bond acceptors (Lipinski definition) is 5. The maximum atomic E-state index is 12.9. The Labute approximate surface area is 251 Å². The molecule has 4 aromatic rings. The summed E-state index contributed by atoms with van der Waals surface area (Å²) in [5.41, 5.74) is 9.17. The second-order valence-electron chi connectivity index (χ2n) is 12.2. The first-order valence-electron chi connectivity index (χ1n) is 14.5. The fourth-order valence-electron chi connectivity index (χ4n) is 5.69. The average molecular weight is 606 g/mol. The van der Waals surface area contributed by atoms with E-state index in [0.717, 1.165) is 32.8 Å². The molecule has 43 heavy (non-hydrogen) atoms. The molecule has 10 nitrogen and oxygen atoms in total. The second kappa shape index (κ2) is 12.0. The van der Waals surface area contributed by atoms with Crippen molar-refractivity contribution in [1.82, 2.24) is 14.2 Å². The number of piperidine rings is 1. The van der Waals surface area contributed by atoms with Crippen LogP contribution in [0.25, 0.3) is 21.7 Å². The molecule has 5 N–H and O–H groups in total. The average Bonchev–Trinajstić information content (AvgIpc) is 3.33. The fourth-order valence-corrected chi connectivity index (χ4v) is 7.16. The Morgan fingerprint density at radius 2 is 1.72 bits per heavy atom. The van der Waals surface area contributed by atoms with E-state index in [4.69, 9.17) is 5.73 Å². The number of fused-ring (bicyclic) bond motifs is 2. The largest absolute Gasteiger partial charge is 0.477 e. The van der Waals surface area contributed by atoms with Crippen molar-refractivity contribution in [2.75, 3.05) is 25.0 Å². The van der Waals surface area contributed by atoms with Crippen molar-refractivity contribution in [1.29, 1.82) is 0 Å². The number of rotatable bonds is 8. The number of nitrogens with zero attached hydrogens (tertiary/aromatic N) is 2. The molecule has 1 saturated heterocycles. The number of amides is 2. The van der Waals surface area contributed by atoms with Gasteiger partial charge in [0, 0.05) is 49.3 Å². The molecule has 0 spiro atoms. The van der Waals surface area contributed by atoms with Crippen molar-refractivity contribution in [3.8, 4) is 0 Å². The molecule has 0 unspecified atom stereocenters. The third kappa shape index (κ3) is 6.39. The minimum Gasteiger partial charge on any atom is -0.477 e. The number of carbonyl (C=O) groups is 2. The van der Waals surface area contributed by atoms with Gasteiger partial charge in [0.2, 0.25) is 10.0 Å². The number of benzene rings is 3. The SMILES string of the molecule is CC(C)(C)S(=O)(=O)N1CCC(CNC(=O)Nc2cc(Cn3c(C(=O)O)cc4ccc(CN)cc43)c3ccccc3c2)CC1. The molecule has 0 radical (unpaired) electrons. The Morgan fingerprint density at radius 1 is 1.00 bits per heavy atom. The lowest BCUT2D eigenvalue weighted by Crippen LogP contribution is -2.47. The summed E-state index contributed by atoms with van der Waals surface area (Å²) in [5.74, 6) is -0.843. The zero-order chi connectivity index (χ0) is 30.9. The van der Waals surface area contributed by atoms with Crippen molar-refractivity contribution in [2.24, 2.45) is 11.7 Å². The van der Waals surface area contributed by atoms with Gasteiger partial charge in [-0.2, -0.15) is 0 Å². The number of sulfonamides is 1. The van der Waals surface area contributed by atoms with E-state index in [1.54, 1.807) is 35.7 Å². The zero-order valence-corrected chi connectivity index (χ0v) is 25.6. The maximum Gasteiger partial charge on any atom is 0.352 e. The lowest BCUT2D eigenvalue weighted by atomic mass is 9.98. The van der Waals surface area contributed by atoms with Crippen LogP contribution < -0.4 is 16.4 Å². The van der Waals surface area contributed by atoms with Crippen LogP contribution in [0.4, 0.5) is 10.5 Å². The number of nitrogens with one attached hydrogen (secondary N) is 2. The summed E-state index contributed by atoms with van der Waals surface area (Å²) < 4.78 is 28.0. The van der Waals surface area contributed by atoms with Gasteiger partial charge in [-0.25, -0.2) is 22.3 Å². The molecule has 1 aliphatic rings. The van der Waals surface area contributed by atoms with Gasteiger partial charge in [-0.3, -0.25) is 0 Å². The summed E-state index contributed by atoms with van der Waals surface area (Å²) in [5, 5.41) is 18.5. The molecule has 228 valence electrons. The molecule has 2 amide bonds. The molecule has 2 heterocycles. The molecule has 0 bridgehead atoms. The van der Waals surface area contributed by atoms with E-state index in [1.165, 1.54) is 0 Å². The summed E-state index contributed by atoms with van der Waals surface area (Å²) in [6.45, 7) is 7.09. The minimum absolute atomic E-state index is 0.172. The van der Waals surface area contributed by atoms with E-state index in [1.807, 2.05) is 54.6 Å². The number of hydrogen-bond donors (Lipinski definition) is 4. The van der Waals surface area contributed by atoms with Crippen LogP contribution in [0.3, 0.4) is 0 Å². The monoisotopic (exact) mass is 605 g/mol. The summed E-state index contributed by atoms with van der Waals surface area (Å²) in [6.07, 6.45) is 1.36. The predicted octanol–water partition coefficient (Wildman–Crippen LogP) is 4.96. The molecule has 5 rings (SSSR count). The number of carbonyl (C=O) groups excluding carboxylic acids is 1. The van der Waals surface area contributed by atoms with E-state index in [-0.39, 0.29) is 24.2 Å². The second-order valence-corrected chi connectivity index (χ2v) is 14.9. The standard InChI is InChI=1S/C32H39N5O5S/c1-32(2,3)43(41,42)36-12-10-21(11-13-36)19-34-31(40)35-26-15-23-6-4-5-7-27(23)25(16-26)20-37-28-14-22(18-33)8-9-24(28)17-29(37)30(38)39/h4-9,14-17,21H,10-13,18-20,33H2,1-3H3,(H,38,39)(H2,34,35,40). The van der Waals surface area contributed by atoms with E-state index in [2.05, 4.69) is 10.6 Å². The van der Waals surface area contributed by atoms with Crippen LogP contribution in [0.1, 0.15) is 55.2 Å².